The van der Waals surface area contributed by atoms with Gasteiger partial charge in [0.2, 0.25) is 0 Å². The van der Waals surface area contributed by atoms with Crippen LogP contribution in [-0.4, -0.2) is 30.6 Å². The summed E-state index contributed by atoms with van der Waals surface area (Å²) in [6.45, 7) is 4.41. The third-order valence-electron chi connectivity index (χ3n) is 4.10. The highest BCUT2D eigenvalue weighted by Gasteiger charge is 2.25. The summed E-state index contributed by atoms with van der Waals surface area (Å²) in [6, 6.07) is 4.66. The van der Waals surface area contributed by atoms with Gasteiger partial charge < -0.3 is 5.32 Å². The van der Waals surface area contributed by atoms with Crippen molar-refractivity contribution >= 4 is 23.2 Å². The minimum atomic E-state index is 0.720. The summed E-state index contributed by atoms with van der Waals surface area (Å²) in [7, 11) is 0. The maximum atomic E-state index is 6.27. The lowest BCUT2D eigenvalue weighted by atomic mass is 9.96. The van der Waals surface area contributed by atoms with Crippen LogP contribution in [0.5, 0.6) is 0 Å². The topological polar surface area (TPSA) is 15.3 Å². The van der Waals surface area contributed by atoms with E-state index in [0.717, 1.165) is 48.7 Å². The molecule has 98 valence electrons. The molecule has 0 bridgehead atoms. The number of halogens is 2. The van der Waals surface area contributed by atoms with Crippen LogP contribution in [0.1, 0.15) is 24.0 Å². The minimum absolute atomic E-state index is 0.720. The van der Waals surface area contributed by atoms with Crippen molar-refractivity contribution in [1.29, 1.82) is 0 Å². The normalized spacial score (nSPS) is 21.9. The van der Waals surface area contributed by atoms with Gasteiger partial charge in [-0.05, 0) is 55.6 Å². The van der Waals surface area contributed by atoms with Gasteiger partial charge in [0.1, 0.15) is 0 Å². The molecule has 1 aromatic carbocycles. The fourth-order valence-corrected chi connectivity index (χ4v) is 3.74. The molecule has 0 aromatic heterocycles. The molecule has 0 unspecified atom stereocenters. The first-order valence-corrected chi connectivity index (χ1v) is 7.41. The summed E-state index contributed by atoms with van der Waals surface area (Å²) in [5.74, 6) is 0. The van der Waals surface area contributed by atoms with Crippen LogP contribution in [0.3, 0.4) is 0 Å². The van der Waals surface area contributed by atoms with Gasteiger partial charge in [-0.15, -0.1) is 0 Å². The van der Waals surface area contributed by atoms with Crippen LogP contribution in [0.15, 0.2) is 12.1 Å². The molecule has 2 aliphatic heterocycles. The predicted molar refractivity (Wildman–Crippen MR) is 76.5 cm³/mol. The zero-order chi connectivity index (χ0) is 12.5. The Morgan fingerprint density at radius 3 is 2.72 bits per heavy atom. The van der Waals surface area contributed by atoms with Crippen LogP contribution in [0.2, 0.25) is 10.0 Å². The number of hydrogen-bond donors (Lipinski definition) is 1. The van der Waals surface area contributed by atoms with Crippen LogP contribution in [0.4, 0.5) is 0 Å². The van der Waals surface area contributed by atoms with E-state index in [9.17, 15) is 0 Å². The molecule has 18 heavy (non-hydrogen) atoms. The van der Waals surface area contributed by atoms with Crippen molar-refractivity contribution in [3.63, 3.8) is 0 Å². The Kier molecular flexibility index (Phi) is 3.81. The van der Waals surface area contributed by atoms with E-state index < -0.39 is 0 Å². The van der Waals surface area contributed by atoms with Gasteiger partial charge in [-0.3, -0.25) is 4.90 Å². The maximum absolute atomic E-state index is 6.27. The zero-order valence-electron chi connectivity index (χ0n) is 10.4. The fraction of sp³-hybridized carbons (Fsp3) is 0.571. The Balaban J connectivity index is 1.79. The molecule has 1 aromatic rings. The molecule has 1 N–H and O–H groups in total. The second-order valence-corrected chi connectivity index (χ2v) is 6.07. The standard InChI is InChI=1S/C14H18Cl2N2/c15-11-7-10-9-18(12-1-4-17-5-2-12)6-3-13(10)14(16)8-11/h7-8,12,17H,1-6,9H2. The van der Waals surface area contributed by atoms with Gasteiger partial charge in [0.15, 0.2) is 0 Å². The molecule has 0 spiro atoms. The van der Waals surface area contributed by atoms with Crippen molar-refractivity contribution in [2.45, 2.75) is 31.8 Å². The lowest BCUT2D eigenvalue weighted by Gasteiger charge is -2.38. The van der Waals surface area contributed by atoms with Crippen molar-refractivity contribution < 1.29 is 0 Å². The summed E-state index contributed by atoms with van der Waals surface area (Å²) < 4.78 is 0. The van der Waals surface area contributed by atoms with Crippen LogP contribution in [0.25, 0.3) is 0 Å². The smallest absolute Gasteiger partial charge is 0.0456 e. The summed E-state index contributed by atoms with van der Waals surface area (Å²) in [4.78, 5) is 2.59. The average Bonchev–Trinajstić information content (AvgIpc) is 2.39. The highest BCUT2D eigenvalue weighted by Crippen LogP contribution is 2.31. The fourth-order valence-electron chi connectivity index (χ4n) is 3.11. The molecule has 0 atom stereocenters. The van der Waals surface area contributed by atoms with Crippen molar-refractivity contribution in [3.8, 4) is 0 Å². The first kappa shape index (κ1) is 12.7. The Bertz CT molecular complexity index is 442. The van der Waals surface area contributed by atoms with Gasteiger partial charge >= 0.3 is 0 Å². The van der Waals surface area contributed by atoms with Gasteiger partial charge in [0.05, 0.1) is 0 Å². The molecule has 0 amide bonds. The van der Waals surface area contributed by atoms with Crippen LogP contribution in [-0.2, 0) is 13.0 Å². The first-order chi connectivity index (χ1) is 8.74. The van der Waals surface area contributed by atoms with E-state index in [2.05, 4.69) is 16.3 Å². The number of fused-ring (bicyclic) bond motifs is 1. The Labute approximate surface area is 118 Å². The first-order valence-electron chi connectivity index (χ1n) is 6.65. The maximum Gasteiger partial charge on any atom is 0.0456 e. The van der Waals surface area contributed by atoms with E-state index in [1.807, 2.05) is 6.07 Å². The number of rotatable bonds is 1. The quantitative estimate of drug-likeness (QED) is 0.853. The van der Waals surface area contributed by atoms with Gasteiger partial charge in [-0.2, -0.15) is 0 Å². The lowest BCUT2D eigenvalue weighted by Crippen LogP contribution is -2.45. The summed E-state index contributed by atoms with van der Waals surface area (Å²) in [6.07, 6.45) is 3.56. The number of nitrogens with one attached hydrogen (secondary N) is 1. The van der Waals surface area contributed by atoms with Gasteiger partial charge in [0, 0.05) is 29.2 Å². The molecule has 3 rings (SSSR count). The molecule has 0 aliphatic carbocycles. The number of piperidine rings is 1. The van der Waals surface area contributed by atoms with Crippen molar-refractivity contribution in [3.05, 3.63) is 33.3 Å². The van der Waals surface area contributed by atoms with Crippen molar-refractivity contribution in [1.82, 2.24) is 10.2 Å². The third kappa shape index (κ3) is 2.53. The summed E-state index contributed by atoms with van der Waals surface area (Å²) >= 11 is 12.4. The second kappa shape index (κ2) is 5.38. The third-order valence-corrected chi connectivity index (χ3v) is 4.66. The Hall–Kier alpha value is -0.280. The van der Waals surface area contributed by atoms with E-state index in [1.54, 1.807) is 0 Å². The minimum Gasteiger partial charge on any atom is -0.317 e. The van der Waals surface area contributed by atoms with Gasteiger partial charge in [-0.1, -0.05) is 23.2 Å². The number of hydrogen-bond acceptors (Lipinski definition) is 2. The Morgan fingerprint density at radius 2 is 1.94 bits per heavy atom. The van der Waals surface area contributed by atoms with Crippen LogP contribution < -0.4 is 5.32 Å². The highest BCUT2D eigenvalue weighted by molar-refractivity contribution is 6.35. The molecular formula is C14H18Cl2N2. The predicted octanol–water partition coefficient (Wildman–Crippen LogP) is 3.10. The molecule has 2 aliphatic rings. The zero-order valence-corrected chi connectivity index (χ0v) is 11.9. The highest BCUT2D eigenvalue weighted by atomic mass is 35.5. The Morgan fingerprint density at radius 1 is 1.17 bits per heavy atom. The summed E-state index contributed by atoms with van der Waals surface area (Å²) in [5.41, 5.74) is 2.61. The van der Waals surface area contributed by atoms with Crippen molar-refractivity contribution in [2.24, 2.45) is 0 Å². The van der Waals surface area contributed by atoms with Crippen LogP contribution >= 0.6 is 23.2 Å². The molecular weight excluding hydrogens is 267 g/mol. The lowest BCUT2D eigenvalue weighted by molar-refractivity contribution is 0.147. The molecule has 2 heterocycles. The van der Waals surface area contributed by atoms with E-state index in [-0.39, 0.29) is 0 Å². The molecule has 4 heteroatoms. The monoisotopic (exact) mass is 284 g/mol. The molecule has 1 saturated heterocycles. The molecule has 2 nitrogen and oxygen atoms in total. The van der Waals surface area contributed by atoms with Gasteiger partial charge in [-0.25, -0.2) is 0 Å². The second-order valence-electron chi connectivity index (χ2n) is 5.23. The van der Waals surface area contributed by atoms with E-state index in [0.29, 0.717) is 0 Å². The van der Waals surface area contributed by atoms with Crippen molar-refractivity contribution in [2.75, 3.05) is 19.6 Å². The molecule has 0 saturated carbocycles. The van der Waals surface area contributed by atoms with E-state index in [4.69, 9.17) is 23.2 Å². The van der Waals surface area contributed by atoms with Crippen LogP contribution in [0, 0.1) is 0 Å². The largest absolute Gasteiger partial charge is 0.317 e. The molecule has 0 radical (unpaired) electrons. The van der Waals surface area contributed by atoms with Gasteiger partial charge in [0.25, 0.3) is 0 Å². The van der Waals surface area contributed by atoms with E-state index in [1.165, 1.54) is 24.0 Å². The SMILES string of the molecule is Clc1cc(Cl)c2c(c1)CN(C1CCNCC1)CC2. The number of benzene rings is 1. The average molecular weight is 285 g/mol. The number of nitrogens with zero attached hydrogens (tertiary/aromatic N) is 1. The molecule has 1 fully saturated rings. The summed E-state index contributed by atoms with van der Waals surface area (Å²) in [5, 5.41) is 5.01. The van der Waals surface area contributed by atoms with E-state index >= 15 is 0 Å².